The number of amides is 1. The molecule has 124 valence electrons. The number of carbonyl (C=O) groups excluding carboxylic acids is 2. The molecule has 0 unspecified atom stereocenters. The lowest BCUT2D eigenvalue weighted by molar-refractivity contribution is -0.146. The highest BCUT2D eigenvalue weighted by Gasteiger charge is 2.19. The summed E-state index contributed by atoms with van der Waals surface area (Å²) in [6.07, 6.45) is 11.1. The molecule has 0 radical (unpaired) electrons. The van der Waals surface area contributed by atoms with Gasteiger partial charge in [0.1, 0.15) is 0 Å². The Hall–Kier alpha value is -1.10. The summed E-state index contributed by atoms with van der Waals surface area (Å²) in [6.45, 7) is 1.78. The molecule has 0 saturated heterocycles. The van der Waals surface area contributed by atoms with Crippen molar-refractivity contribution in [3.63, 3.8) is 0 Å². The lowest BCUT2D eigenvalue weighted by Gasteiger charge is -2.13. The van der Waals surface area contributed by atoms with E-state index >= 15 is 0 Å². The highest BCUT2D eigenvalue weighted by atomic mass is 16.5. The van der Waals surface area contributed by atoms with E-state index in [1.807, 2.05) is 0 Å². The molecule has 1 atom stereocenters. The summed E-state index contributed by atoms with van der Waals surface area (Å²) in [5.41, 5.74) is 0. The predicted molar refractivity (Wildman–Crippen MR) is 82.9 cm³/mol. The molecule has 0 aromatic carbocycles. The monoisotopic (exact) mass is 301 g/mol. The van der Waals surface area contributed by atoms with Crippen LogP contribution in [0.15, 0.2) is 0 Å². The second-order valence-electron chi connectivity index (χ2n) is 5.40. The van der Waals surface area contributed by atoms with Gasteiger partial charge in [-0.2, -0.15) is 0 Å². The Morgan fingerprint density at radius 3 is 2.00 bits per heavy atom. The van der Waals surface area contributed by atoms with E-state index in [1.165, 1.54) is 45.6 Å². The van der Waals surface area contributed by atoms with E-state index in [1.54, 1.807) is 0 Å². The number of aliphatic hydroxyl groups excluding tert-OH is 1. The van der Waals surface area contributed by atoms with Gasteiger partial charge >= 0.3 is 5.97 Å². The summed E-state index contributed by atoms with van der Waals surface area (Å²) in [5.74, 6) is -0.819. The van der Waals surface area contributed by atoms with Crippen molar-refractivity contribution in [1.29, 1.82) is 0 Å². The number of nitrogens with one attached hydrogen (secondary N) is 1. The zero-order valence-corrected chi connectivity index (χ0v) is 13.5. The van der Waals surface area contributed by atoms with E-state index in [0.29, 0.717) is 6.42 Å². The normalized spacial score (nSPS) is 12.0. The summed E-state index contributed by atoms with van der Waals surface area (Å²) >= 11 is 0. The van der Waals surface area contributed by atoms with Gasteiger partial charge in [0, 0.05) is 6.42 Å². The standard InChI is InChI=1S/C16H31NO4/c1-3-4-5-6-7-8-9-10-11-12-15(19)17-14(13-18)16(20)21-2/h14,18H,3-13H2,1-2H3,(H,17,19)/t14-/m0/s1. The fraction of sp³-hybridized carbons (Fsp3) is 0.875. The number of methoxy groups -OCH3 is 1. The molecule has 5 heteroatoms. The van der Waals surface area contributed by atoms with Crippen LogP contribution in [0.2, 0.25) is 0 Å². The van der Waals surface area contributed by atoms with Crippen LogP contribution >= 0.6 is 0 Å². The van der Waals surface area contributed by atoms with E-state index in [2.05, 4.69) is 17.0 Å². The second-order valence-corrected chi connectivity index (χ2v) is 5.40. The van der Waals surface area contributed by atoms with Crippen LogP contribution in [0.4, 0.5) is 0 Å². The molecule has 0 aromatic rings. The third kappa shape index (κ3) is 11.3. The third-order valence-corrected chi connectivity index (χ3v) is 3.51. The molecule has 2 N–H and O–H groups in total. The van der Waals surface area contributed by atoms with Crippen LogP contribution in [0.25, 0.3) is 0 Å². The maximum absolute atomic E-state index is 11.6. The molecule has 0 saturated carbocycles. The van der Waals surface area contributed by atoms with Crippen LogP contribution < -0.4 is 5.32 Å². The predicted octanol–water partition coefficient (Wildman–Crippen LogP) is 2.56. The molecular formula is C16H31NO4. The minimum absolute atomic E-state index is 0.206. The number of hydrogen-bond donors (Lipinski definition) is 2. The molecule has 0 aliphatic heterocycles. The van der Waals surface area contributed by atoms with Crippen LogP contribution in [0.1, 0.15) is 71.1 Å². The Bertz CT molecular complexity index is 281. The van der Waals surface area contributed by atoms with Gasteiger partial charge in [-0.05, 0) is 6.42 Å². The number of aliphatic hydroxyl groups is 1. The van der Waals surface area contributed by atoms with Gasteiger partial charge in [0.05, 0.1) is 13.7 Å². The highest BCUT2D eigenvalue weighted by Crippen LogP contribution is 2.10. The first-order valence-electron chi connectivity index (χ1n) is 8.13. The van der Waals surface area contributed by atoms with Crippen LogP contribution in [0.3, 0.4) is 0 Å². The van der Waals surface area contributed by atoms with Gasteiger partial charge in [-0.3, -0.25) is 4.79 Å². The molecule has 0 fully saturated rings. The van der Waals surface area contributed by atoms with Crippen LogP contribution in [-0.2, 0) is 14.3 Å². The van der Waals surface area contributed by atoms with Crippen molar-refractivity contribution in [3.05, 3.63) is 0 Å². The molecule has 0 heterocycles. The van der Waals surface area contributed by atoms with E-state index < -0.39 is 18.6 Å². The average Bonchev–Trinajstić information content (AvgIpc) is 2.50. The zero-order valence-electron chi connectivity index (χ0n) is 13.5. The Kier molecular flexibility index (Phi) is 13.1. The maximum atomic E-state index is 11.6. The Morgan fingerprint density at radius 2 is 1.52 bits per heavy atom. The zero-order chi connectivity index (χ0) is 15.9. The molecule has 0 rings (SSSR count). The largest absolute Gasteiger partial charge is 0.467 e. The summed E-state index contributed by atoms with van der Waals surface area (Å²) in [7, 11) is 1.23. The quantitative estimate of drug-likeness (QED) is 0.405. The van der Waals surface area contributed by atoms with E-state index in [-0.39, 0.29) is 5.91 Å². The summed E-state index contributed by atoms with van der Waals surface area (Å²) in [5, 5.41) is 11.5. The van der Waals surface area contributed by atoms with Crippen molar-refractivity contribution >= 4 is 11.9 Å². The molecule has 0 spiro atoms. The van der Waals surface area contributed by atoms with Crippen molar-refractivity contribution in [2.75, 3.05) is 13.7 Å². The summed E-state index contributed by atoms with van der Waals surface area (Å²) < 4.78 is 4.49. The van der Waals surface area contributed by atoms with Crippen LogP contribution in [0, 0.1) is 0 Å². The fourth-order valence-electron chi connectivity index (χ4n) is 2.18. The summed E-state index contributed by atoms with van der Waals surface area (Å²) in [6, 6.07) is -0.943. The topological polar surface area (TPSA) is 75.6 Å². The molecule has 21 heavy (non-hydrogen) atoms. The van der Waals surface area contributed by atoms with Gasteiger partial charge in [-0.1, -0.05) is 58.3 Å². The number of carbonyl (C=O) groups is 2. The number of rotatable bonds is 13. The average molecular weight is 301 g/mol. The molecule has 1 amide bonds. The fourth-order valence-corrected chi connectivity index (χ4v) is 2.18. The third-order valence-electron chi connectivity index (χ3n) is 3.51. The highest BCUT2D eigenvalue weighted by molar-refractivity contribution is 5.84. The van der Waals surface area contributed by atoms with Gasteiger partial charge in [-0.25, -0.2) is 4.79 Å². The molecular weight excluding hydrogens is 270 g/mol. The number of unbranched alkanes of at least 4 members (excludes halogenated alkanes) is 8. The molecule has 5 nitrogen and oxygen atoms in total. The maximum Gasteiger partial charge on any atom is 0.330 e. The molecule has 0 aliphatic rings. The second kappa shape index (κ2) is 13.9. The molecule has 0 aromatic heterocycles. The SMILES string of the molecule is CCCCCCCCCCCC(=O)N[C@@H](CO)C(=O)OC. The first-order valence-corrected chi connectivity index (χ1v) is 8.13. The number of hydrogen-bond acceptors (Lipinski definition) is 4. The van der Waals surface area contributed by atoms with Gasteiger partial charge in [0.2, 0.25) is 5.91 Å². The smallest absolute Gasteiger partial charge is 0.330 e. The van der Waals surface area contributed by atoms with Crippen molar-refractivity contribution in [2.24, 2.45) is 0 Å². The van der Waals surface area contributed by atoms with E-state index in [0.717, 1.165) is 19.3 Å². The lowest BCUT2D eigenvalue weighted by atomic mass is 10.1. The van der Waals surface area contributed by atoms with Crippen molar-refractivity contribution < 1.29 is 19.4 Å². The van der Waals surface area contributed by atoms with E-state index in [4.69, 9.17) is 5.11 Å². The van der Waals surface area contributed by atoms with Crippen LogP contribution in [-0.4, -0.2) is 36.7 Å². The summed E-state index contributed by atoms with van der Waals surface area (Å²) in [4.78, 5) is 22.8. The number of ether oxygens (including phenoxy) is 1. The van der Waals surface area contributed by atoms with Crippen LogP contribution in [0.5, 0.6) is 0 Å². The Labute approximate surface area is 128 Å². The minimum Gasteiger partial charge on any atom is -0.467 e. The van der Waals surface area contributed by atoms with Crippen molar-refractivity contribution in [3.8, 4) is 0 Å². The van der Waals surface area contributed by atoms with E-state index in [9.17, 15) is 9.59 Å². The number of esters is 1. The van der Waals surface area contributed by atoms with Gasteiger partial charge in [-0.15, -0.1) is 0 Å². The molecule has 0 aliphatic carbocycles. The minimum atomic E-state index is -0.943. The lowest BCUT2D eigenvalue weighted by Crippen LogP contribution is -2.43. The Balaban J connectivity index is 3.51. The van der Waals surface area contributed by atoms with Gasteiger partial charge < -0.3 is 15.2 Å². The first kappa shape index (κ1) is 19.9. The molecule has 0 bridgehead atoms. The van der Waals surface area contributed by atoms with Gasteiger partial charge in [0.25, 0.3) is 0 Å². The van der Waals surface area contributed by atoms with Crippen molar-refractivity contribution in [1.82, 2.24) is 5.32 Å². The first-order chi connectivity index (χ1) is 10.2. The van der Waals surface area contributed by atoms with Crippen molar-refractivity contribution in [2.45, 2.75) is 77.2 Å². The van der Waals surface area contributed by atoms with Gasteiger partial charge in [0.15, 0.2) is 6.04 Å². The Morgan fingerprint density at radius 1 is 1.00 bits per heavy atom.